The van der Waals surface area contributed by atoms with Crippen molar-refractivity contribution in [1.82, 2.24) is 0 Å². The van der Waals surface area contributed by atoms with E-state index < -0.39 is 18.2 Å². The minimum Gasteiger partial charge on any atom is -0.495 e. The highest BCUT2D eigenvalue weighted by molar-refractivity contribution is 5.97. The summed E-state index contributed by atoms with van der Waals surface area (Å²) in [7, 11) is 3.11. The second-order valence-electron chi connectivity index (χ2n) is 4.33. The third kappa shape index (κ3) is 3.71. The SMILES string of the molecule is COc1ccccc1N(C)C(=O)C(C)OC(C)C(=O)O. The number of nitrogens with zero attached hydrogens (tertiary/aromatic N) is 1. The molecular formula is C14H19NO5. The molecule has 110 valence electrons. The molecule has 1 amide bonds. The Hall–Kier alpha value is -2.08. The summed E-state index contributed by atoms with van der Waals surface area (Å²) in [6, 6.07) is 7.06. The van der Waals surface area contributed by atoms with Gasteiger partial charge in [-0.25, -0.2) is 4.79 Å². The highest BCUT2D eigenvalue weighted by Crippen LogP contribution is 2.27. The molecule has 0 aliphatic rings. The Bertz CT molecular complexity index is 488. The van der Waals surface area contributed by atoms with Gasteiger partial charge in [-0.1, -0.05) is 12.1 Å². The summed E-state index contributed by atoms with van der Waals surface area (Å²) in [5.41, 5.74) is 0.596. The van der Waals surface area contributed by atoms with Crippen LogP contribution in [-0.2, 0) is 14.3 Å². The van der Waals surface area contributed by atoms with Crippen molar-refractivity contribution < 1.29 is 24.2 Å². The molecule has 0 aromatic heterocycles. The number of benzene rings is 1. The number of rotatable bonds is 6. The average Bonchev–Trinajstić information content (AvgIpc) is 2.45. The molecule has 0 heterocycles. The molecule has 1 rings (SSSR count). The lowest BCUT2D eigenvalue weighted by atomic mass is 10.2. The normalized spacial score (nSPS) is 13.4. The Morgan fingerprint density at radius 2 is 1.80 bits per heavy atom. The Kier molecular flexibility index (Phi) is 5.52. The standard InChI is InChI=1S/C14H19NO5/c1-9(20-10(2)14(17)18)13(16)15(3)11-7-5-6-8-12(11)19-4/h5-10H,1-4H3,(H,17,18). The van der Waals surface area contributed by atoms with Gasteiger partial charge in [0.25, 0.3) is 5.91 Å². The third-order valence-electron chi connectivity index (χ3n) is 2.88. The van der Waals surface area contributed by atoms with Crippen LogP contribution in [0.4, 0.5) is 5.69 Å². The number of anilines is 1. The highest BCUT2D eigenvalue weighted by atomic mass is 16.5. The molecule has 0 radical (unpaired) electrons. The Morgan fingerprint density at radius 3 is 2.35 bits per heavy atom. The van der Waals surface area contributed by atoms with Gasteiger partial charge >= 0.3 is 5.97 Å². The van der Waals surface area contributed by atoms with Gasteiger partial charge in [-0.2, -0.15) is 0 Å². The topological polar surface area (TPSA) is 76.1 Å². The van der Waals surface area contributed by atoms with E-state index in [1.165, 1.54) is 25.9 Å². The Labute approximate surface area is 117 Å². The van der Waals surface area contributed by atoms with Crippen LogP contribution in [0.1, 0.15) is 13.8 Å². The summed E-state index contributed by atoms with van der Waals surface area (Å²) in [5.74, 6) is -0.894. The minimum atomic E-state index is -1.11. The largest absolute Gasteiger partial charge is 0.495 e. The number of likely N-dealkylation sites (N-methyl/N-ethyl adjacent to an activating group) is 1. The second kappa shape index (κ2) is 6.91. The van der Waals surface area contributed by atoms with E-state index in [4.69, 9.17) is 14.6 Å². The molecule has 1 aromatic rings. The number of amides is 1. The van der Waals surface area contributed by atoms with Crippen molar-refractivity contribution in [3.63, 3.8) is 0 Å². The van der Waals surface area contributed by atoms with Gasteiger partial charge in [0.2, 0.25) is 0 Å². The van der Waals surface area contributed by atoms with Crippen molar-refractivity contribution in [2.75, 3.05) is 19.1 Å². The summed E-state index contributed by atoms with van der Waals surface area (Å²) in [5, 5.41) is 8.78. The smallest absolute Gasteiger partial charge is 0.332 e. The summed E-state index contributed by atoms with van der Waals surface area (Å²) in [4.78, 5) is 24.3. The molecule has 0 fully saturated rings. The predicted molar refractivity (Wildman–Crippen MR) is 74.0 cm³/mol. The number of aliphatic carboxylic acids is 1. The van der Waals surface area contributed by atoms with E-state index in [2.05, 4.69) is 0 Å². The molecular weight excluding hydrogens is 262 g/mol. The molecule has 2 atom stereocenters. The van der Waals surface area contributed by atoms with Crippen molar-refractivity contribution in [2.24, 2.45) is 0 Å². The van der Waals surface area contributed by atoms with Gasteiger partial charge in [0.1, 0.15) is 11.9 Å². The van der Waals surface area contributed by atoms with Crippen molar-refractivity contribution in [1.29, 1.82) is 0 Å². The molecule has 1 N–H and O–H groups in total. The van der Waals surface area contributed by atoms with Crippen molar-refractivity contribution in [3.05, 3.63) is 24.3 Å². The van der Waals surface area contributed by atoms with Gasteiger partial charge in [-0.05, 0) is 26.0 Å². The number of hydrogen-bond acceptors (Lipinski definition) is 4. The fourth-order valence-corrected chi connectivity index (χ4v) is 1.72. The molecule has 6 heteroatoms. The summed E-state index contributed by atoms with van der Waals surface area (Å²) < 4.78 is 10.3. The number of carbonyl (C=O) groups excluding carboxylic acids is 1. The maximum absolute atomic E-state index is 12.2. The summed E-state index contributed by atoms with van der Waals surface area (Å²) >= 11 is 0. The van der Waals surface area contributed by atoms with Crippen LogP contribution in [0.5, 0.6) is 5.75 Å². The molecule has 2 unspecified atom stereocenters. The van der Waals surface area contributed by atoms with Gasteiger partial charge in [-0.15, -0.1) is 0 Å². The molecule has 0 saturated heterocycles. The zero-order valence-corrected chi connectivity index (χ0v) is 12.0. The summed E-state index contributed by atoms with van der Waals surface area (Å²) in [6.07, 6.45) is -1.91. The van der Waals surface area contributed by atoms with Crippen molar-refractivity contribution >= 4 is 17.6 Å². The molecule has 0 aliphatic heterocycles. The highest BCUT2D eigenvalue weighted by Gasteiger charge is 2.25. The van der Waals surface area contributed by atoms with Gasteiger partial charge in [-0.3, -0.25) is 4.79 Å². The van der Waals surface area contributed by atoms with Crippen LogP contribution in [0.25, 0.3) is 0 Å². The lowest BCUT2D eigenvalue weighted by Crippen LogP contribution is -2.39. The molecule has 6 nitrogen and oxygen atoms in total. The number of methoxy groups -OCH3 is 1. The van der Waals surface area contributed by atoms with E-state index in [1.54, 1.807) is 31.3 Å². The number of carboxylic acids is 1. The van der Waals surface area contributed by atoms with Crippen molar-refractivity contribution in [3.8, 4) is 5.75 Å². The van der Waals surface area contributed by atoms with Crippen LogP contribution in [0.2, 0.25) is 0 Å². The quantitative estimate of drug-likeness (QED) is 0.856. The fourth-order valence-electron chi connectivity index (χ4n) is 1.72. The van der Waals surface area contributed by atoms with E-state index in [0.717, 1.165) is 0 Å². The monoisotopic (exact) mass is 281 g/mol. The first kappa shape index (κ1) is 16.0. The average molecular weight is 281 g/mol. The lowest BCUT2D eigenvalue weighted by Gasteiger charge is -2.24. The van der Waals surface area contributed by atoms with Crippen LogP contribution in [0, 0.1) is 0 Å². The number of ether oxygens (including phenoxy) is 2. The maximum Gasteiger partial charge on any atom is 0.332 e. The molecule has 20 heavy (non-hydrogen) atoms. The second-order valence-corrected chi connectivity index (χ2v) is 4.33. The molecule has 0 bridgehead atoms. The first-order chi connectivity index (χ1) is 9.38. The maximum atomic E-state index is 12.2. The van der Waals surface area contributed by atoms with E-state index in [9.17, 15) is 9.59 Å². The van der Waals surface area contributed by atoms with Crippen LogP contribution < -0.4 is 9.64 Å². The van der Waals surface area contributed by atoms with Crippen LogP contribution in [-0.4, -0.2) is 43.3 Å². The third-order valence-corrected chi connectivity index (χ3v) is 2.88. The first-order valence-corrected chi connectivity index (χ1v) is 6.17. The van der Waals surface area contributed by atoms with Gasteiger partial charge in [0, 0.05) is 7.05 Å². The zero-order valence-electron chi connectivity index (χ0n) is 12.0. The zero-order chi connectivity index (χ0) is 15.3. The van der Waals surface area contributed by atoms with Crippen LogP contribution >= 0.6 is 0 Å². The molecule has 0 spiro atoms. The van der Waals surface area contributed by atoms with Gasteiger partial charge in [0.15, 0.2) is 6.10 Å². The van der Waals surface area contributed by atoms with Gasteiger partial charge in [0.05, 0.1) is 12.8 Å². The van der Waals surface area contributed by atoms with Crippen molar-refractivity contribution in [2.45, 2.75) is 26.1 Å². The lowest BCUT2D eigenvalue weighted by molar-refractivity contribution is -0.155. The Balaban J connectivity index is 2.83. The number of carboxylic acid groups (broad SMARTS) is 1. The van der Waals surface area contributed by atoms with E-state index in [0.29, 0.717) is 11.4 Å². The first-order valence-electron chi connectivity index (χ1n) is 6.17. The van der Waals surface area contributed by atoms with E-state index >= 15 is 0 Å². The predicted octanol–water partition coefficient (Wildman–Crippen LogP) is 1.54. The molecule has 0 saturated carbocycles. The number of hydrogen-bond donors (Lipinski definition) is 1. The van der Waals surface area contributed by atoms with E-state index in [-0.39, 0.29) is 5.91 Å². The number of para-hydroxylation sites is 2. The minimum absolute atomic E-state index is 0.345. The van der Waals surface area contributed by atoms with Crippen LogP contribution in [0.15, 0.2) is 24.3 Å². The number of carbonyl (C=O) groups is 2. The van der Waals surface area contributed by atoms with Crippen LogP contribution in [0.3, 0.4) is 0 Å². The fraction of sp³-hybridized carbons (Fsp3) is 0.429. The van der Waals surface area contributed by atoms with Gasteiger partial charge < -0.3 is 19.5 Å². The molecule has 0 aliphatic carbocycles. The molecule has 1 aromatic carbocycles. The Morgan fingerprint density at radius 1 is 1.20 bits per heavy atom. The summed E-state index contributed by atoms with van der Waals surface area (Å²) in [6.45, 7) is 2.91. The van der Waals surface area contributed by atoms with E-state index in [1.807, 2.05) is 0 Å².